The van der Waals surface area contributed by atoms with Crippen molar-refractivity contribution in [2.75, 3.05) is 25.7 Å². The summed E-state index contributed by atoms with van der Waals surface area (Å²) in [6.45, 7) is 0. The lowest BCUT2D eigenvalue weighted by atomic mass is 10.1. The Labute approximate surface area is 147 Å². The zero-order valence-electron chi connectivity index (χ0n) is 13.8. The van der Waals surface area contributed by atoms with Crippen LogP contribution in [0.2, 0.25) is 0 Å². The van der Waals surface area contributed by atoms with Gasteiger partial charge in [-0.3, -0.25) is 4.79 Å². The molecule has 1 N–H and O–H groups in total. The van der Waals surface area contributed by atoms with Gasteiger partial charge < -0.3 is 5.32 Å². The van der Waals surface area contributed by atoms with Gasteiger partial charge in [0.1, 0.15) is 0 Å². The van der Waals surface area contributed by atoms with Crippen molar-refractivity contribution in [1.29, 1.82) is 0 Å². The lowest BCUT2D eigenvalue weighted by Gasteiger charge is -2.12. The molecular weight excluding hydrogens is 344 g/mol. The first-order valence-electron chi connectivity index (χ1n) is 7.26. The molecule has 0 unspecified atom stereocenters. The molecule has 7 heteroatoms. The Morgan fingerprint density at radius 3 is 2.38 bits per heavy atom. The van der Waals surface area contributed by atoms with Crippen molar-refractivity contribution in [3.8, 4) is 0 Å². The van der Waals surface area contributed by atoms with Crippen LogP contribution in [0, 0.1) is 0 Å². The van der Waals surface area contributed by atoms with E-state index in [2.05, 4.69) is 5.32 Å². The molecule has 0 spiro atoms. The average Bonchev–Trinajstić information content (AvgIpc) is 2.56. The van der Waals surface area contributed by atoms with Gasteiger partial charge in [-0.05, 0) is 48.2 Å². The van der Waals surface area contributed by atoms with E-state index >= 15 is 0 Å². The van der Waals surface area contributed by atoms with Crippen molar-refractivity contribution in [2.24, 2.45) is 0 Å². The standard InChI is InChI=1S/C17H20N2O3S2/c1-19(2)24(21,22)16-9-7-15(8-10-16)18-17(20)14-6-4-5-13(11-14)12-23-3/h4-11H,12H2,1-3H3,(H,18,20). The number of nitrogens with zero attached hydrogens (tertiary/aromatic N) is 1. The van der Waals surface area contributed by atoms with Crippen LogP contribution < -0.4 is 5.32 Å². The third kappa shape index (κ3) is 4.37. The van der Waals surface area contributed by atoms with Gasteiger partial charge in [0.15, 0.2) is 0 Å². The summed E-state index contributed by atoms with van der Waals surface area (Å²) in [5.41, 5.74) is 2.21. The minimum Gasteiger partial charge on any atom is -0.322 e. The third-order valence-corrected chi connectivity index (χ3v) is 5.84. The summed E-state index contributed by atoms with van der Waals surface area (Å²) in [5.74, 6) is 0.624. The number of nitrogens with one attached hydrogen (secondary N) is 1. The maximum atomic E-state index is 12.3. The van der Waals surface area contributed by atoms with Crippen LogP contribution in [0.4, 0.5) is 5.69 Å². The highest BCUT2D eigenvalue weighted by molar-refractivity contribution is 7.97. The van der Waals surface area contributed by atoms with Crippen molar-refractivity contribution < 1.29 is 13.2 Å². The molecule has 0 aromatic heterocycles. The van der Waals surface area contributed by atoms with E-state index in [9.17, 15) is 13.2 Å². The number of sulfonamides is 1. The molecule has 0 aliphatic heterocycles. The number of benzene rings is 2. The van der Waals surface area contributed by atoms with Gasteiger partial charge in [0.25, 0.3) is 5.91 Å². The summed E-state index contributed by atoms with van der Waals surface area (Å²) in [6.07, 6.45) is 2.01. The van der Waals surface area contributed by atoms with Gasteiger partial charge >= 0.3 is 0 Å². The summed E-state index contributed by atoms with van der Waals surface area (Å²) in [5, 5.41) is 2.78. The van der Waals surface area contributed by atoms with Crippen LogP contribution in [0.25, 0.3) is 0 Å². The van der Waals surface area contributed by atoms with E-state index in [1.54, 1.807) is 30.0 Å². The topological polar surface area (TPSA) is 66.5 Å². The van der Waals surface area contributed by atoms with Crippen molar-refractivity contribution in [3.05, 3.63) is 59.7 Å². The summed E-state index contributed by atoms with van der Waals surface area (Å²) < 4.78 is 25.2. The minimum atomic E-state index is -3.47. The second kappa shape index (κ2) is 7.83. The number of carbonyl (C=O) groups is 1. The molecule has 0 aliphatic carbocycles. The number of hydrogen-bond donors (Lipinski definition) is 1. The minimum absolute atomic E-state index is 0.187. The number of hydrogen-bond acceptors (Lipinski definition) is 4. The molecule has 0 saturated carbocycles. The Kier molecular flexibility index (Phi) is 6.04. The maximum absolute atomic E-state index is 12.3. The number of carbonyl (C=O) groups excluding carboxylic acids is 1. The van der Waals surface area contributed by atoms with E-state index in [0.29, 0.717) is 11.3 Å². The predicted octanol–water partition coefficient (Wildman–Crippen LogP) is 3.05. The van der Waals surface area contributed by atoms with Crippen molar-refractivity contribution in [3.63, 3.8) is 0 Å². The SMILES string of the molecule is CSCc1cccc(C(=O)Nc2ccc(S(=O)(=O)N(C)C)cc2)c1. The number of anilines is 1. The first-order valence-corrected chi connectivity index (χ1v) is 10.1. The molecule has 24 heavy (non-hydrogen) atoms. The molecule has 2 aromatic rings. The molecule has 5 nitrogen and oxygen atoms in total. The Morgan fingerprint density at radius 2 is 1.79 bits per heavy atom. The van der Waals surface area contributed by atoms with E-state index in [0.717, 1.165) is 15.6 Å². The van der Waals surface area contributed by atoms with Crippen LogP contribution in [-0.4, -0.2) is 39.0 Å². The fraction of sp³-hybridized carbons (Fsp3) is 0.235. The van der Waals surface area contributed by atoms with Gasteiger partial charge in [0.05, 0.1) is 4.90 Å². The van der Waals surface area contributed by atoms with Crippen LogP contribution in [-0.2, 0) is 15.8 Å². The monoisotopic (exact) mass is 364 g/mol. The lowest BCUT2D eigenvalue weighted by Crippen LogP contribution is -2.22. The molecule has 128 valence electrons. The third-order valence-electron chi connectivity index (χ3n) is 3.39. The largest absolute Gasteiger partial charge is 0.322 e. The summed E-state index contributed by atoms with van der Waals surface area (Å²) in [4.78, 5) is 12.5. The highest BCUT2D eigenvalue weighted by Gasteiger charge is 2.16. The fourth-order valence-corrected chi connectivity index (χ4v) is 3.51. The van der Waals surface area contributed by atoms with Crippen molar-refractivity contribution in [2.45, 2.75) is 10.6 Å². The molecular formula is C17H20N2O3S2. The molecule has 0 fully saturated rings. The Hall–Kier alpha value is -1.83. The molecule has 0 aliphatic rings. The zero-order valence-corrected chi connectivity index (χ0v) is 15.4. The average molecular weight is 364 g/mol. The van der Waals surface area contributed by atoms with E-state index in [4.69, 9.17) is 0 Å². The molecule has 2 aromatic carbocycles. The van der Waals surface area contributed by atoms with E-state index in [1.807, 2.05) is 24.5 Å². The molecule has 0 atom stereocenters. The van der Waals surface area contributed by atoms with Crippen LogP contribution in [0.5, 0.6) is 0 Å². The number of rotatable bonds is 6. The maximum Gasteiger partial charge on any atom is 0.255 e. The number of amides is 1. The predicted molar refractivity (Wildman–Crippen MR) is 98.9 cm³/mol. The number of thioether (sulfide) groups is 1. The lowest BCUT2D eigenvalue weighted by molar-refractivity contribution is 0.102. The van der Waals surface area contributed by atoms with Crippen LogP contribution in [0.1, 0.15) is 15.9 Å². The van der Waals surface area contributed by atoms with Crippen LogP contribution in [0.15, 0.2) is 53.4 Å². The Morgan fingerprint density at radius 1 is 1.12 bits per heavy atom. The smallest absolute Gasteiger partial charge is 0.255 e. The second-order valence-corrected chi connectivity index (χ2v) is 8.42. The second-order valence-electron chi connectivity index (χ2n) is 5.40. The van der Waals surface area contributed by atoms with Gasteiger partial charge in [-0.25, -0.2) is 12.7 Å². The van der Waals surface area contributed by atoms with Gasteiger partial charge in [-0.1, -0.05) is 12.1 Å². The van der Waals surface area contributed by atoms with E-state index in [-0.39, 0.29) is 10.8 Å². The summed E-state index contributed by atoms with van der Waals surface area (Å²) in [7, 11) is -0.510. The molecule has 0 heterocycles. The van der Waals surface area contributed by atoms with Crippen LogP contribution >= 0.6 is 11.8 Å². The first-order chi connectivity index (χ1) is 11.3. The highest BCUT2D eigenvalue weighted by Crippen LogP contribution is 2.18. The van der Waals surface area contributed by atoms with Gasteiger partial charge in [-0.15, -0.1) is 0 Å². The first kappa shape index (κ1) is 18.5. The molecule has 0 bridgehead atoms. The van der Waals surface area contributed by atoms with E-state index < -0.39 is 10.0 Å². The quantitative estimate of drug-likeness (QED) is 0.855. The van der Waals surface area contributed by atoms with Crippen molar-refractivity contribution in [1.82, 2.24) is 4.31 Å². The Bertz CT molecular complexity index is 816. The normalized spacial score (nSPS) is 11.5. The highest BCUT2D eigenvalue weighted by atomic mass is 32.2. The van der Waals surface area contributed by atoms with Gasteiger partial charge in [0, 0.05) is 31.1 Å². The summed E-state index contributed by atoms with van der Waals surface area (Å²) in [6, 6.07) is 13.6. The molecule has 0 saturated heterocycles. The molecule has 0 radical (unpaired) electrons. The van der Waals surface area contributed by atoms with Gasteiger partial charge in [0.2, 0.25) is 10.0 Å². The Balaban J connectivity index is 2.14. The summed E-state index contributed by atoms with van der Waals surface area (Å²) >= 11 is 1.69. The fourth-order valence-electron chi connectivity index (χ4n) is 2.09. The zero-order chi connectivity index (χ0) is 17.7. The van der Waals surface area contributed by atoms with E-state index in [1.165, 1.54) is 26.2 Å². The van der Waals surface area contributed by atoms with Crippen LogP contribution in [0.3, 0.4) is 0 Å². The molecule has 2 rings (SSSR count). The molecule has 1 amide bonds. The van der Waals surface area contributed by atoms with Crippen molar-refractivity contribution >= 4 is 33.4 Å². The van der Waals surface area contributed by atoms with Gasteiger partial charge in [-0.2, -0.15) is 11.8 Å².